The number of benzene rings is 1. The Morgan fingerprint density at radius 2 is 2.30 bits per heavy atom. The number of carboxylic acids is 1. The van der Waals surface area contributed by atoms with E-state index in [1.165, 1.54) is 12.1 Å². The topological polar surface area (TPSA) is 46.5 Å². The number of halogens is 1. The fourth-order valence-corrected chi connectivity index (χ4v) is 2.78. The summed E-state index contributed by atoms with van der Waals surface area (Å²) in [5.74, 6) is -1.71. The van der Waals surface area contributed by atoms with Crippen molar-refractivity contribution in [3.05, 3.63) is 35.6 Å². The van der Waals surface area contributed by atoms with E-state index in [1.807, 2.05) is 13.8 Å². The van der Waals surface area contributed by atoms with Crippen molar-refractivity contribution in [3.63, 3.8) is 0 Å². The van der Waals surface area contributed by atoms with Gasteiger partial charge in [-0.15, -0.1) is 0 Å². The molecule has 1 N–H and O–H groups in total. The first-order valence-electron chi connectivity index (χ1n) is 7.01. The van der Waals surface area contributed by atoms with Crippen LogP contribution in [0.1, 0.15) is 38.7 Å². The van der Waals surface area contributed by atoms with Gasteiger partial charge in [-0.1, -0.05) is 12.1 Å². The Morgan fingerprint density at radius 1 is 1.55 bits per heavy atom. The maximum absolute atomic E-state index is 13.2. The van der Waals surface area contributed by atoms with Gasteiger partial charge in [0.1, 0.15) is 5.82 Å². The normalized spacial score (nSPS) is 22.6. The zero-order valence-corrected chi connectivity index (χ0v) is 11.9. The van der Waals surface area contributed by atoms with E-state index in [0.717, 1.165) is 18.4 Å². The van der Waals surface area contributed by atoms with E-state index >= 15 is 0 Å². The number of aliphatic carboxylic acids is 1. The molecular weight excluding hydrogens is 259 g/mol. The molecule has 1 aliphatic rings. The van der Waals surface area contributed by atoms with Gasteiger partial charge in [-0.25, -0.2) is 4.39 Å². The van der Waals surface area contributed by atoms with Crippen molar-refractivity contribution < 1.29 is 19.0 Å². The summed E-state index contributed by atoms with van der Waals surface area (Å²) in [4.78, 5) is 11.4. The SMILES string of the molecule is CC1(C)CCC(CC(Cc2cccc(F)c2)C(=O)O)O1. The van der Waals surface area contributed by atoms with E-state index in [1.54, 1.807) is 12.1 Å². The summed E-state index contributed by atoms with van der Waals surface area (Å²) >= 11 is 0. The zero-order valence-electron chi connectivity index (χ0n) is 11.9. The summed E-state index contributed by atoms with van der Waals surface area (Å²) in [6.07, 6.45) is 2.65. The smallest absolute Gasteiger partial charge is 0.306 e. The molecule has 1 fully saturated rings. The van der Waals surface area contributed by atoms with Gasteiger partial charge in [0, 0.05) is 0 Å². The number of carboxylic acid groups (broad SMARTS) is 1. The van der Waals surface area contributed by atoms with Crippen molar-refractivity contribution in [2.24, 2.45) is 5.92 Å². The highest BCUT2D eigenvalue weighted by molar-refractivity contribution is 5.70. The van der Waals surface area contributed by atoms with Gasteiger partial charge >= 0.3 is 5.97 Å². The summed E-state index contributed by atoms with van der Waals surface area (Å²) in [5.41, 5.74) is 0.557. The lowest BCUT2D eigenvalue weighted by Gasteiger charge is -2.21. The molecule has 2 unspecified atom stereocenters. The molecule has 1 heterocycles. The minimum atomic E-state index is -0.845. The molecule has 2 rings (SSSR count). The van der Waals surface area contributed by atoms with E-state index in [2.05, 4.69) is 0 Å². The molecule has 0 saturated carbocycles. The Labute approximate surface area is 118 Å². The number of carbonyl (C=O) groups is 1. The van der Waals surface area contributed by atoms with E-state index in [-0.39, 0.29) is 17.5 Å². The van der Waals surface area contributed by atoms with Gasteiger partial charge in [-0.05, 0) is 57.2 Å². The number of hydrogen-bond donors (Lipinski definition) is 1. The minimum Gasteiger partial charge on any atom is -0.481 e. The van der Waals surface area contributed by atoms with Gasteiger partial charge in [0.25, 0.3) is 0 Å². The van der Waals surface area contributed by atoms with Crippen molar-refractivity contribution in [2.45, 2.75) is 51.2 Å². The third kappa shape index (κ3) is 4.04. The van der Waals surface area contributed by atoms with Gasteiger partial charge in [0.05, 0.1) is 17.6 Å². The van der Waals surface area contributed by atoms with Crippen molar-refractivity contribution in [1.82, 2.24) is 0 Å². The molecule has 1 aromatic carbocycles. The fraction of sp³-hybridized carbons (Fsp3) is 0.562. The van der Waals surface area contributed by atoms with E-state index < -0.39 is 11.9 Å². The maximum atomic E-state index is 13.2. The van der Waals surface area contributed by atoms with Crippen LogP contribution in [-0.4, -0.2) is 22.8 Å². The van der Waals surface area contributed by atoms with Crippen molar-refractivity contribution in [3.8, 4) is 0 Å². The lowest BCUT2D eigenvalue weighted by Crippen LogP contribution is -2.25. The average molecular weight is 280 g/mol. The largest absolute Gasteiger partial charge is 0.481 e. The van der Waals surface area contributed by atoms with Crippen molar-refractivity contribution >= 4 is 5.97 Å². The standard InChI is InChI=1S/C16H21FO3/c1-16(2)7-6-14(20-16)10-12(15(18)19)8-11-4-3-5-13(17)9-11/h3-5,9,12,14H,6-8,10H2,1-2H3,(H,18,19). The third-order valence-corrected chi connectivity index (χ3v) is 3.82. The van der Waals surface area contributed by atoms with Crippen LogP contribution in [0.3, 0.4) is 0 Å². The number of hydrogen-bond acceptors (Lipinski definition) is 2. The molecule has 0 spiro atoms. The Kier molecular flexibility index (Phi) is 4.43. The highest BCUT2D eigenvalue weighted by Crippen LogP contribution is 2.33. The second-order valence-electron chi connectivity index (χ2n) is 6.14. The van der Waals surface area contributed by atoms with E-state index in [9.17, 15) is 14.3 Å². The van der Waals surface area contributed by atoms with Crippen LogP contribution in [-0.2, 0) is 16.0 Å². The first-order valence-corrected chi connectivity index (χ1v) is 7.01. The fourth-order valence-electron chi connectivity index (χ4n) is 2.78. The molecule has 0 amide bonds. The second kappa shape index (κ2) is 5.92. The quantitative estimate of drug-likeness (QED) is 0.899. The molecule has 1 aromatic rings. The molecule has 1 aliphatic heterocycles. The van der Waals surface area contributed by atoms with Crippen LogP contribution in [0.25, 0.3) is 0 Å². The van der Waals surface area contributed by atoms with Crippen LogP contribution in [0.4, 0.5) is 4.39 Å². The molecule has 2 atom stereocenters. The van der Waals surface area contributed by atoms with Crippen molar-refractivity contribution in [2.75, 3.05) is 0 Å². The average Bonchev–Trinajstić information content (AvgIpc) is 2.68. The molecule has 0 radical (unpaired) electrons. The Bertz CT molecular complexity index is 484. The van der Waals surface area contributed by atoms with Crippen LogP contribution >= 0.6 is 0 Å². The van der Waals surface area contributed by atoms with Gasteiger partial charge in [0.15, 0.2) is 0 Å². The Hall–Kier alpha value is -1.42. The summed E-state index contributed by atoms with van der Waals surface area (Å²) in [6, 6.07) is 6.13. The van der Waals surface area contributed by atoms with Gasteiger partial charge < -0.3 is 9.84 Å². The van der Waals surface area contributed by atoms with Gasteiger partial charge in [0.2, 0.25) is 0 Å². The first kappa shape index (κ1) is 15.0. The lowest BCUT2D eigenvalue weighted by atomic mass is 9.92. The van der Waals surface area contributed by atoms with Crippen LogP contribution in [0.2, 0.25) is 0 Å². The first-order chi connectivity index (χ1) is 9.35. The molecular formula is C16H21FO3. The second-order valence-corrected chi connectivity index (χ2v) is 6.14. The summed E-state index contributed by atoms with van der Waals surface area (Å²) < 4.78 is 19.0. The summed E-state index contributed by atoms with van der Waals surface area (Å²) in [5, 5.41) is 9.35. The zero-order chi connectivity index (χ0) is 14.8. The van der Waals surface area contributed by atoms with Crippen LogP contribution < -0.4 is 0 Å². The number of ether oxygens (including phenoxy) is 1. The third-order valence-electron chi connectivity index (χ3n) is 3.82. The van der Waals surface area contributed by atoms with Gasteiger partial charge in [-0.3, -0.25) is 4.79 Å². The maximum Gasteiger partial charge on any atom is 0.306 e. The highest BCUT2D eigenvalue weighted by Gasteiger charge is 2.34. The number of rotatable bonds is 5. The highest BCUT2D eigenvalue weighted by atomic mass is 19.1. The Balaban J connectivity index is 1.99. The lowest BCUT2D eigenvalue weighted by molar-refractivity contribution is -0.143. The van der Waals surface area contributed by atoms with Crippen LogP contribution in [0.15, 0.2) is 24.3 Å². The molecule has 4 heteroatoms. The van der Waals surface area contributed by atoms with E-state index in [0.29, 0.717) is 12.8 Å². The Morgan fingerprint density at radius 3 is 2.85 bits per heavy atom. The molecule has 110 valence electrons. The van der Waals surface area contributed by atoms with E-state index in [4.69, 9.17) is 4.74 Å². The molecule has 3 nitrogen and oxygen atoms in total. The van der Waals surface area contributed by atoms with Crippen LogP contribution in [0, 0.1) is 11.7 Å². The molecule has 0 aliphatic carbocycles. The van der Waals surface area contributed by atoms with Crippen LogP contribution in [0.5, 0.6) is 0 Å². The van der Waals surface area contributed by atoms with Crippen molar-refractivity contribution in [1.29, 1.82) is 0 Å². The molecule has 0 aromatic heterocycles. The summed E-state index contributed by atoms with van der Waals surface area (Å²) in [6.45, 7) is 4.05. The predicted molar refractivity (Wildman–Crippen MR) is 74.0 cm³/mol. The van der Waals surface area contributed by atoms with Gasteiger partial charge in [-0.2, -0.15) is 0 Å². The molecule has 0 bridgehead atoms. The predicted octanol–water partition coefficient (Wildman–Crippen LogP) is 3.42. The summed E-state index contributed by atoms with van der Waals surface area (Å²) in [7, 11) is 0. The minimum absolute atomic E-state index is 0.0142. The molecule has 20 heavy (non-hydrogen) atoms. The monoisotopic (exact) mass is 280 g/mol. The molecule has 1 saturated heterocycles.